The minimum atomic E-state index is 0.0384. The molecule has 0 radical (unpaired) electrons. The number of rotatable bonds is 10. The Morgan fingerprint density at radius 2 is 2.05 bits per heavy atom. The molecule has 198 valence electrons. The van der Waals surface area contributed by atoms with Gasteiger partial charge >= 0.3 is 0 Å². The number of fused-ring (bicyclic) bond motifs is 2. The molecule has 5 rings (SSSR count). The molecule has 2 aliphatic rings. The Labute approximate surface area is 226 Å². The summed E-state index contributed by atoms with van der Waals surface area (Å²) >= 11 is 5.04. The van der Waals surface area contributed by atoms with Crippen LogP contribution >= 0.6 is 27.7 Å². The van der Waals surface area contributed by atoms with E-state index in [1.165, 1.54) is 11.8 Å². The maximum atomic E-state index is 12.3. The number of hydrogen-bond donors (Lipinski definition) is 2. The van der Waals surface area contributed by atoms with Crippen LogP contribution in [-0.4, -0.2) is 77.1 Å². The Kier molecular flexibility index (Phi) is 8.33. The molecule has 0 unspecified atom stereocenters. The average molecular weight is 594 g/mol. The van der Waals surface area contributed by atoms with Gasteiger partial charge in [0.05, 0.1) is 19.5 Å². The first-order valence-corrected chi connectivity index (χ1v) is 13.7. The van der Waals surface area contributed by atoms with Crippen molar-refractivity contribution in [1.82, 2.24) is 24.4 Å². The fraction of sp³-hybridized carbons (Fsp3) is 0.500. The standard InChI is InChI=1S/C24H29BrN6O5S/c1-33-8-9-34-12-20(32)30-5-2-15(3-6-30)4-7-31-13-27-22(26)21-23(31)29-24(28-21)37-19-11-18-17(10-16(19)25)35-14-36-18/h10-11,13,15,26H,2-9,12,14H2,1H3,(H,28,29). The molecule has 1 aromatic carbocycles. The first-order chi connectivity index (χ1) is 18.0. The van der Waals surface area contributed by atoms with Crippen LogP contribution in [0.3, 0.4) is 0 Å². The zero-order valence-corrected chi connectivity index (χ0v) is 22.9. The number of carbonyl (C=O) groups is 1. The minimum Gasteiger partial charge on any atom is -0.454 e. The van der Waals surface area contributed by atoms with Crippen molar-refractivity contribution in [3.8, 4) is 11.5 Å². The van der Waals surface area contributed by atoms with Crippen molar-refractivity contribution in [3.63, 3.8) is 0 Å². The first kappa shape index (κ1) is 26.0. The second-order valence-corrected chi connectivity index (χ2v) is 10.8. The minimum absolute atomic E-state index is 0.0384. The quantitative estimate of drug-likeness (QED) is 0.344. The molecule has 2 aromatic heterocycles. The summed E-state index contributed by atoms with van der Waals surface area (Å²) in [4.78, 5) is 27.5. The number of aryl methyl sites for hydroxylation is 1. The summed E-state index contributed by atoms with van der Waals surface area (Å²) in [5, 5.41) is 8.92. The summed E-state index contributed by atoms with van der Waals surface area (Å²) in [6.07, 6.45) is 4.55. The monoisotopic (exact) mass is 592 g/mol. The van der Waals surface area contributed by atoms with E-state index < -0.39 is 0 Å². The molecule has 0 atom stereocenters. The van der Waals surface area contributed by atoms with Gasteiger partial charge in [-0.25, -0.2) is 9.97 Å². The van der Waals surface area contributed by atoms with Gasteiger partial charge in [0.15, 0.2) is 27.8 Å². The largest absolute Gasteiger partial charge is 0.454 e. The summed E-state index contributed by atoms with van der Waals surface area (Å²) in [7, 11) is 1.61. The predicted molar refractivity (Wildman–Crippen MR) is 139 cm³/mol. The molecule has 0 spiro atoms. The predicted octanol–water partition coefficient (Wildman–Crippen LogP) is 3.17. The van der Waals surface area contributed by atoms with Gasteiger partial charge in [0.1, 0.15) is 12.1 Å². The Morgan fingerprint density at radius 3 is 2.84 bits per heavy atom. The summed E-state index contributed by atoms with van der Waals surface area (Å²) in [5.41, 5.74) is 1.48. The Bertz CT molecular complexity index is 1320. The molecule has 11 nitrogen and oxygen atoms in total. The highest BCUT2D eigenvalue weighted by Crippen LogP contribution is 2.42. The van der Waals surface area contributed by atoms with Crippen molar-refractivity contribution in [3.05, 3.63) is 28.4 Å². The lowest BCUT2D eigenvalue weighted by molar-refractivity contribution is -0.138. The van der Waals surface area contributed by atoms with E-state index in [2.05, 4.69) is 25.9 Å². The number of ether oxygens (including phenoxy) is 4. The number of nitrogens with zero attached hydrogens (tertiary/aromatic N) is 4. The summed E-state index contributed by atoms with van der Waals surface area (Å²) in [6.45, 7) is 3.47. The van der Waals surface area contributed by atoms with E-state index in [4.69, 9.17) is 29.3 Å². The van der Waals surface area contributed by atoms with Crippen molar-refractivity contribution in [2.45, 2.75) is 35.9 Å². The fourth-order valence-corrected chi connectivity index (χ4v) is 5.82. The number of likely N-dealkylation sites (tertiary alicyclic amines) is 1. The highest BCUT2D eigenvalue weighted by atomic mass is 79.9. The summed E-state index contributed by atoms with van der Waals surface area (Å²) < 4.78 is 24.1. The molecule has 0 aliphatic carbocycles. The van der Waals surface area contributed by atoms with Crippen LogP contribution in [-0.2, 0) is 20.8 Å². The number of hydrogen-bond acceptors (Lipinski definition) is 9. The third kappa shape index (κ3) is 6.11. The number of H-pyrrole nitrogens is 1. The highest BCUT2D eigenvalue weighted by molar-refractivity contribution is 9.10. The first-order valence-electron chi connectivity index (χ1n) is 12.1. The van der Waals surface area contributed by atoms with Crippen LogP contribution in [0.5, 0.6) is 11.5 Å². The molecular weight excluding hydrogens is 564 g/mol. The van der Waals surface area contributed by atoms with Crippen LogP contribution < -0.4 is 15.0 Å². The maximum Gasteiger partial charge on any atom is 0.248 e. The lowest BCUT2D eigenvalue weighted by atomic mass is 9.93. The molecule has 13 heteroatoms. The van der Waals surface area contributed by atoms with Crippen LogP contribution in [0.4, 0.5) is 0 Å². The van der Waals surface area contributed by atoms with Gasteiger partial charge in [-0.05, 0) is 53.2 Å². The van der Waals surface area contributed by atoms with Gasteiger partial charge in [-0.15, -0.1) is 0 Å². The third-order valence-corrected chi connectivity index (χ3v) is 8.40. The number of amides is 1. The zero-order valence-electron chi connectivity index (χ0n) is 20.5. The Morgan fingerprint density at radius 1 is 1.27 bits per heavy atom. The van der Waals surface area contributed by atoms with Gasteiger partial charge in [0.25, 0.3) is 0 Å². The third-order valence-electron chi connectivity index (χ3n) is 6.53. The molecule has 2 aliphatic heterocycles. The molecule has 1 amide bonds. The molecule has 37 heavy (non-hydrogen) atoms. The van der Waals surface area contributed by atoms with Crippen LogP contribution in [0, 0.1) is 11.3 Å². The molecule has 0 saturated carbocycles. The van der Waals surface area contributed by atoms with Crippen molar-refractivity contribution >= 4 is 44.8 Å². The van der Waals surface area contributed by atoms with Gasteiger partial charge in [0, 0.05) is 36.1 Å². The van der Waals surface area contributed by atoms with Crippen LogP contribution in [0.2, 0.25) is 0 Å². The lowest BCUT2D eigenvalue weighted by Gasteiger charge is -2.32. The number of benzene rings is 1. The fourth-order valence-electron chi connectivity index (χ4n) is 4.44. The lowest BCUT2D eigenvalue weighted by Crippen LogP contribution is -2.40. The van der Waals surface area contributed by atoms with Gasteiger partial charge in [-0.2, -0.15) is 0 Å². The number of imidazole rings is 1. The number of methoxy groups -OCH3 is 1. The van der Waals surface area contributed by atoms with E-state index in [0.29, 0.717) is 47.0 Å². The number of aromatic nitrogens is 4. The normalized spacial score (nSPS) is 15.6. The van der Waals surface area contributed by atoms with E-state index in [1.54, 1.807) is 13.4 Å². The second kappa shape index (κ2) is 11.8. The highest BCUT2D eigenvalue weighted by Gasteiger charge is 2.23. The van der Waals surface area contributed by atoms with Gasteiger partial charge < -0.3 is 33.4 Å². The summed E-state index contributed by atoms with van der Waals surface area (Å²) in [5.74, 6) is 1.96. The average Bonchev–Trinajstić information content (AvgIpc) is 3.54. The van der Waals surface area contributed by atoms with Crippen LogP contribution in [0.1, 0.15) is 19.3 Å². The Balaban J connectivity index is 1.20. The summed E-state index contributed by atoms with van der Waals surface area (Å²) in [6, 6.07) is 3.80. The topological polar surface area (TPSA) is 128 Å². The molecule has 1 fully saturated rings. The van der Waals surface area contributed by atoms with Crippen LogP contribution in [0.25, 0.3) is 11.2 Å². The maximum absolute atomic E-state index is 12.3. The molecule has 0 bridgehead atoms. The van der Waals surface area contributed by atoms with Gasteiger partial charge in [-0.1, -0.05) is 11.8 Å². The van der Waals surface area contributed by atoms with E-state index in [1.807, 2.05) is 21.6 Å². The number of aromatic amines is 1. The number of carbonyl (C=O) groups excluding carboxylic acids is 1. The van der Waals surface area contributed by atoms with Gasteiger partial charge in [-0.3, -0.25) is 10.2 Å². The van der Waals surface area contributed by atoms with Crippen molar-refractivity contribution in [2.75, 3.05) is 46.8 Å². The number of nitrogens with one attached hydrogen (secondary N) is 2. The molecule has 3 aromatic rings. The molecule has 1 saturated heterocycles. The number of piperidine rings is 1. The Hall–Kier alpha value is -2.61. The zero-order chi connectivity index (χ0) is 25.8. The SMILES string of the molecule is COCCOCC(=O)N1CCC(CCn2cnc(=N)c3[nH]c(Sc4cc5c(cc4Br)OCO5)nc32)CC1. The van der Waals surface area contributed by atoms with E-state index in [-0.39, 0.29) is 24.8 Å². The smallest absolute Gasteiger partial charge is 0.248 e. The van der Waals surface area contributed by atoms with Crippen LogP contribution in [0.15, 0.2) is 33.0 Å². The van der Waals surface area contributed by atoms with Gasteiger partial charge in [0.2, 0.25) is 12.7 Å². The number of halogens is 1. The van der Waals surface area contributed by atoms with Crippen molar-refractivity contribution in [2.24, 2.45) is 5.92 Å². The molecular formula is C24H29BrN6O5S. The van der Waals surface area contributed by atoms with E-state index >= 15 is 0 Å². The van der Waals surface area contributed by atoms with Crippen molar-refractivity contribution < 1.29 is 23.7 Å². The van der Waals surface area contributed by atoms with E-state index in [9.17, 15) is 4.79 Å². The van der Waals surface area contributed by atoms with E-state index in [0.717, 1.165) is 48.3 Å². The second-order valence-electron chi connectivity index (χ2n) is 8.92. The molecule has 4 heterocycles. The molecule has 2 N–H and O–H groups in total. The van der Waals surface area contributed by atoms with Crippen molar-refractivity contribution in [1.29, 1.82) is 5.41 Å².